The SMILES string of the molecule is CCCSc1nc(NC(C)C)c2cnn(CCNC(=O)c3cccc(C)c3)c2n1. The van der Waals surface area contributed by atoms with E-state index < -0.39 is 0 Å². The van der Waals surface area contributed by atoms with E-state index >= 15 is 0 Å². The number of aromatic nitrogens is 4. The molecule has 0 saturated heterocycles. The highest BCUT2D eigenvalue weighted by molar-refractivity contribution is 7.99. The van der Waals surface area contributed by atoms with Crippen molar-refractivity contribution in [3.8, 4) is 0 Å². The lowest BCUT2D eigenvalue weighted by atomic mass is 10.1. The molecule has 0 saturated carbocycles. The van der Waals surface area contributed by atoms with Crippen LogP contribution in [-0.2, 0) is 6.54 Å². The molecule has 0 fully saturated rings. The predicted octanol–water partition coefficient (Wildman–Crippen LogP) is 3.89. The quantitative estimate of drug-likeness (QED) is 0.410. The normalized spacial score (nSPS) is 11.2. The molecule has 0 aliphatic carbocycles. The number of thioether (sulfide) groups is 1. The first-order valence-corrected chi connectivity index (χ1v) is 10.9. The molecule has 0 atom stereocenters. The summed E-state index contributed by atoms with van der Waals surface area (Å²) in [6.45, 7) is 9.29. The van der Waals surface area contributed by atoms with Gasteiger partial charge in [0.25, 0.3) is 5.91 Å². The molecule has 2 N–H and O–H groups in total. The van der Waals surface area contributed by atoms with Crippen molar-refractivity contribution in [2.45, 2.75) is 51.9 Å². The number of aryl methyl sites for hydroxylation is 1. The van der Waals surface area contributed by atoms with Crippen LogP contribution in [0.5, 0.6) is 0 Å². The molecule has 2 heterocycles. The summed E-state index contributed by atoms with van der Waals surface area (Å²) in [6, 6.07) is 7.83. The van der Waals surface area contributed by atoms with Gasteiger partial charge in [-0.15, -0.1) is 0 Å². The number of carbonyl (C=O) groups is 1. The Morgan fingerprint density at radius 2 is 2.10 bits per heavy atom. The minimum absolute atomic E-state index is 0.0823. The van der Waals surface area contributed by atoms with Gasteiger partial charge in [-0.05, 0) is 39.3 Å². The summed E-state index contributed by atoms with van der Waals surface area (Å²) in [6.07, 6.45) is 2.85. The first-order chi connectivity index (χ1) is 14.0. The van der Waals surface area contributed by atoms with Crippen molar-refractivity contribution < 1.29 is 4.79 Å². The third kappa shape index (κ3) is 5.47. The van der Waals surface area contributed by atoms with Crippen molar-refractivity contribution in [1.82, 2.24) is 25.1 Å². The average Bonchev–Trinajstić information content (AvgIpc) is 3.09. The van der Waals surface area contributed by atoms with Gasteiger partial charge in [-0.3, -0.25) is 4.79 Å². The van der Waals surface area contributed by atoms with E-state index in [-0.39, 0.29) is 11.9 Å². The van der Waals surface area contributed by atoms with E-state index in [1.807, 2.05) is 35.9 Å². The van der Waals surface area contributed by atoms with Crippen molar-refractivity contribution in [1.29, 1.82) is 0 Å². The second kappa shape index (κ2) is 9.73. The monoisotopic (exact) mass is 412 g/mol. The van der Waals surface area contributed by atoms with Crippen LogP contribution in [0.15, 0.2) is 35.6 Å². The van der Waals surface area contributed by atoms with Crippen LogP contribution in [0.4, 0.5) is 5.82 Å². The minimum Gasteiger partial charge on any atom is -0.367 e. The molecule has 3 aromatic rings. The Morgan fingerprint density at radius 3 is 2.83 bits per heavy atom. The molecule has 1 amide bonds. The Bertz CT molecular complexity index is 984. The van der Waals surface area contributed by atoms with Crippen LogP contribution in [0.25, 0.3) is 11.0 Å². The summed E-state index contributed by atoms with van der Waals surface area (Å²) in [5.74, 6) is 1.69. The summed E-state index contributed by atoms with van der Waals surface area (Å²) in [4.78, 5) is 21.7. The summed E-state index contributed by atoms with van der Waals surface area (Å²) >= 11 is 1.64. The molecular formula is C21H28N6OS. The molecular weight excluding hydrogens is 384 g/mol. The maximum absolute atomic E-state index is 12.4. The molecule has 0 bridgehead atoms. The smallest absolute Gasteiger partial charge is 0.251 e. The zero-order valence-electron chi connectivity index (χ0n) is 17.4. The zero-order valence-corrected chi connectivity index (χ0v) is 18.2. The van der Waals surface area contributed by atoms with Gasteiger partial charge in [-0.2, -0.15) is 5.10 Å². The highest BCUT2D eigenvalue weighted by atomic mass is 32.2. The van der Waals surface area contributed by atoms with E-state index in [9.17, 15) is 4.79 Å². The molecule has 8 heteroatoms. The first-order valence-electron chi connectivity index (χ1n) is 9.95. The van der Waals surface area contributed by atoms with Crippen molar-refractivity contribution in [3.63, 3.8) is 0 Å². The summed E-state index contributed by atoms with van der Waals surface area (Å²) in [5, 5.41) is 12.5. The van der Waals surface area contributed by atoms with Crippen LogP contribution in [0.3, 0.4) is 0 Å². The number of benzene rings is 1. The Balaban J connectivity index is 1.75. The molecule has 154 valence electrons. The molecule has 0 unspecified atom stereocenters. The largest absolute Gasteiger partial charge is 0.367 e. The van der Waals surface area contributed by atoms with Crippen LogP contribution in [0.2, 0.25) is 0 Å². The fraction of sp³-hybridized carbons (Fsp3) is 0.429. The van der Waals surface area contributed by atoms with Gasteiger partial charge >= 0.3 is 0 Å². The summed E-state index contributed by atoms with van der Waals surface area (Å²) in [7, 11) is 0. The topological polar surface area (TPSA) is 84.7 Å². The van der Waals surface area contributed by atoms with E-state index in [1.54, 1.807) is 18.0 Å². The molecule has 3 rings (SSSR count). The van der Waals surface area contributed by atoms with Gasteiger partial charge in [0.05, 0.1) is 18.1 Å². The van der Waals surface area contributed by atoms with Gasteiger partial charge in [0.2, 0.25) is 0 Å². The fourth-order valence-corrected chi connectivity index (χ4v) is 3.60. The van der Waals surface area contributed by atoms with E-state index in [4.69, 9.17) is 4.98 Å². The molecule has 0 aliphatic rings. The molecule has 29 heavy (non-hydrogen) atoms. The van der Waals surface area contributed by atoms with E-state index in [1.165, 1.54) is 0 Å². The van der Waals surface area contributed by atoms with E-state index in [0.717, 1.165) is 39.7 Å². The number of fused-ring (bicyclic) bond motifs is 1. The first kappa shape index (κ1) is 21.1. The number of anilines is 1. The van der Waals surface area contributed by atoms with Gasteiger partial charge in [0.1, 0.15) is 5.82 Å². The zero-order chi connectivity index (χ0) is 20.8. The Morgan fingerprint density at radius 1 is 1.28 bits per heavy atom. The molecule has 2 aromatic heterocycles. The van der Waals surface area contributed by atoms with Gasteiger partial charge in [-0.1, -0.05) is 36.4 Å². The van der Waals surface area contributed by atoms with Crippen molar-refractivity contribution >= 4 is 34.5 Å². The van der Waals surface area contributed by atoms with Crippen molar-refractivity contribution in [3.05, 3.63) is 41.6 Å². The summed E-state index contributed by atoms with van der Waals surface area (Å²) < 4.78 is 1.83. The number of nitrogens with zero attached hydrogens (tertiary/aromatic N) is 4. The molecule has 0 spiro atoms. The third-order valence-corrected chi connectivity index (χ3v) is 5.28. The number of hydrogen-bond acceptors (Lipinski definition) is 6. The number of carbonyl (C=O) groups excluding carboxylic acids is 1. The van der Waals surface area contributed by atoms with Crippen molar-refractivity contribution in [2.75, 3.05) is 17.6 Å². The van der Waals surface area contributed by atoms with Crippen LogP contribution < -0.4 is 10.6 Å². The highest BCUT2D eigenvalue weighted by Crippen LogP contribution is 2.25. The van der Waals surface area contributed by atoms with Crippen LogP contribution in [0, 0.1) is 6.92 Å². The van der Waals surface area contributed by atoms with Gasteiger partial charge in [-0.25, -0.2) is 14.6 Å². The van der Waals surface area contributed by atoms with Crippen molar-refractivity contribution in [2.24, 2.45) is 0 Å². The predicted molar refractivity (Wildman–Crippen MR) is 119 cm³/mol. The standard InChI is InChI=1S/C21H28N6OS/c1-5-11-29-21-25-18(24-14(2)3)17-13-23-27(19(17)26-21)10-9-22-20(28)16-8-6-7-15(4)12-16/h6-8,12-14H,5,9-11H2,1-4H3,(H,22,28)(H,24,25,26). The number of hydrogen-bond donors (Lipinski definition) is 2. The van der Waals surface area contributed by atoms with Gasteiger partial charge < -0.3 is 10.6 Å². The molecule has 0 radical (unpaired) electrons. The van der Waals surface area contributed by atoms with E-state index in [2.05, 4.69) is 41.5 Å². The average molecular weight is 413 g/mol. The third-order valence-electron chi connectivity index (χ3n) is 4.23. The molecule has 1 aromatic carbocycles. The number of nitrogens with one attached hydrogen (secondary N) is 2. The maximum atomic E-state index is 12.4. The highest BCUT2D eigenvalue weighted by Gasteiger charge is 2.14. The number of amides is 1. The van der Waals surface area contributed by atoms with Gasteiger partial charge in [0.15, 0.2) is 10.8 Å². The lowest BCUT2D eigenvalue weighted by Gasteiger charge is -2.12. The second-order valence-electron chi connectivity index (χ2n) is 7.23. The van der Waals surface area contributed by atoms with Crippen LogP contribution in [-0.4, -0.2) is 44.0 Å². The Kier molecular flexibility index (Phi) is 7.09. The molecule has 7 nitrogen and oxygen atoms in total. The summed E-state index contributed by atoms with van der Waals surface area (Å²) in [5.41, 5.74) is 2.51. The van der Waals surface area contributed by atoms with Gasteiger partial charge in [0, 0.05) is 23.9 Å². The lowest BCUT2D eigenvalue weighted by Crippen LogP contribution is -2.27. The Labute approximate surface area is 175 Å². The lowest BCUT2D eigenvalue weighted by molar-refractivity contribution is 0.0952. The van der Waals surface area contributed by atoms with Crippen LogP contribution >= 0.6 is 11.8 Å². The number of rotatable bonds is 9. The fourth-order valence-electron chi connectivity index (χ4n) is 2.90. The molecule has 0 aliphatic heterocycles. The maximum Gasteiger partial charge on any atom is 0.251 e. The minimum atomic E-state index is -0.0823. The van der Waals surface area contributed by atoms with E-state index in [0.29, 0.717) is 18.7 Å². The van der Waals surface area contributed by atoms with Crippen LogP contribution in [0.1, 0.15) is 43.1 Å². The Hall–Kier alpha value is -2.61. The second-order valence-corrected chi connectivity index (χ2v) is 8.29.